The highest BCUT2D eigenvalue weighted by Crippen LogP contribution is 2.33. The molecule has 1 aromatic carbocycles. The molecule has 0 saturated carbocycles. The van der Waals surface area contributed by atoms with Crippen molar-refractivity contribution in [3.63, 3.8) is 0 Å². The van der Waals surface area contributed by atoms with Crippen LogP contribution in [0.15, 0.2) is 24.3 Å². The van der Waals surface area contributed by atoms with Crippen molar-refractivity contribution in [3.8, 4) is 5.75 Å². The molecule has 1 aromatic rings. The Balaban J connectivity index is 1.65. The van der Waals surface area contributed by atoms with E-state index in [2.05, 4.69) is 11.4 Å². The van der Waals surface area contributed by atoms with Crippen LogP contribution in [0.3, 0.4) is 0 Å². The molecule has 0 radical (unpaired) electrons. The lowest BCUT2D eigenvalue weighted by atomic mass is 9.88. The van der Waals surface area contributed by atoms with E-state index in [1.807, 2.05) is 18.2 Å². The van der Waals surface area contributed by atoms with Gasteiger partial charge in [0.25, 0.3) is 0 Å². The van der Waals surface area contributed by atoms with Crippen molar-refractivity contribution in [1.82, 2.24) is 10.2 Å². The number of sulfone groups is 1. The van der Waals surface area contributed by atoms with Crippen molar-refractivity contribution in [1.29, 1.82) is 0 Å². The molecular formula is C20H30N2O4S. The molecule has 2 heterocycles. The van der Waals surface area contributed by atoms with E-state index in [1.165, 1.54) is 11.8 Å². The van der Waals surface area contributed by atoms with Gasteiger partial charge in [-0.2, -0.15) is 0 Å². The van der Waals surface area contributed by atoms with Gasteiger partial charge >= 0.3 is 0 Å². The number of para-hydroxylation sites is 1. The fourth-order valence-electron chi connectivity index (χ4n) is 4.38. The van der Waals surface area contributed by atoms with E-state index in [4.69, 9.17) is 4.74 Å². The standard InChI is InChI=1S/C20H30N2O4S/c1-26-18-6-4-3-5-17(18)15-16-7-13-22(14-8-16)19(23)20(27(2,24)25)9-11-21-12-10-20/h3-6,16,21H,7-15H2,1-2H3. The number of rotatable bonds is 5. The topological polar surface area (TPSA) is 75.7 Å². The Kier molecular flexibility index (Phi) is 6.11. The van der Waals surface area contributed by atoms with Crippen LogP contribution in [0.1, 0.15) is 31.2 Å². The lowest BCUT2D eigenvalue weighted by molar-refractivity contribution is -0.136. The Hall–Kier alpha value is -1.60. The molecule has 1 amide bonds. The number of ether oxygens (including phenoxy) is 1. The van der Waals surface area contributed by atoms with Gasteiger partial charge in [0.15, 0.2) is 14.6 Å². The SMILES string of the molecule is COc1ccccc1CC1CCN(C(=O)C2(S(C)(=O)=O)CCNCC2)CC1. The lowest BCUT2D eigenvalue weighted by Crippen LogP contribution is -2.59. The average molecular weight is 395 g/mol. The number of carbonyl (C=O) groups is 1. The third-order valence-corrected chi connectivity index (χ3v) is 8.12. The summed E-state index contributed by atoms with van der Waals surface area (Å²) in [6.07, 6.45) is 4.65. The molecule has 1 N–H and O–H groups in total. The Morgan fingerprint density at radius 1 is 1.22 bits per heavy atom. The van der Waals surface area contributed by atoms with E-state index in [9.17, 15) is 13.2 Å². The van der Waals surface area contributed by atoms with Gasteiger partial charge in [0.05, 0.1) is 7.11 Å². The van der Waals surface area contributed by atoms with Crippen molar-refractivity contribution >= 4 is 15.7 Å². The maximum absolute atomic E-state index is 13.2. The fraction of sp³-hybridized carbons (Fsp3) is 0.650. The number of likely N-dealkylation sites (tertiary alicyclic amines) is 1. The summed E-state index contributed by atoms with van der Waals surface area (Å²) >= 11 is 0. The van der Waals surface area contributed by atoms with E-state index < -0.39 is 14.6 Å². The van der Waals surface area contributed by atoms with Crippen LogP contribution in [0.2, 0.25) is 0 Å². The van der Waals surface area contributed by atoms with Gasteiger partial charge in [-0.3, -0.25) is 4.79 Å². The fourth-order valence-corrected chi connectivity index (χ4v) is 5.78. The first kappa shape index (κ1) is 20.1. The summed E-state index contributed by atoms with van der Waals surface area (Å²) in [5.74, 6) is 1.19. The molecule has 2 saturated heterocycles. The number of amides is 1. The van der Waals surface area contributed by atoms with Crippen molar-refractivity contribution in [2.45, 2.75) is 36.9 Å². The third kappa shape index (κ3) is 4.14. The molecule has 0 spiro atoms. The number of piperidine rings is 2. The molecule has 2 fully saturated rings. The number of nitrogens with zero attached hydrogens (tertiary/aromatic N) is 1. The number of carbonyl (C=O) groups excluding carboxylic acids is 1. The molecule has 0 aromatic heterocycles. The highest BCUT2D eigenvalue weighted by molar-refractivity contribution is 7.92. The number of hydrogen-bond donors (Lipinski definition) is 1. The lowest BCUT2D eigenvalue weighted by Gasteiger charge is -2.41. The largest absolute Gasteiger partial charge is 0.496 e. The zero-order chi connectivity index (χ0) is 19.5. The summed E-state index contributed by atoms with van der Waals surface area (Å²) in [5.41, 5.74) is 1.19. The molecule has 6 nitrogen and oxygen atoms in total. The molecule has 3 rings (SSSR count). The third-order valence-electron chi connectivity index (χ3n) is 6.11. The second kappa shape index (κ2) is 8.19. The predicted molar refractivity (Wildman–Crippen MR) is 106 cm³/mol. The quantitative estimate of drug-likeness (QED) is 0.822. The van der Waals surface area contributed by atoms with Gasteiger partial charge in [-0.1, -0.05) is 18.2 Å². The molecule has 0 aliphatic carbocycles. The molecule has 2 aliphatic heterocycles. The zero-order valence-corrected chi connectivity index (χ0v) is 17.1. The Morgan fingerprint density at radius 2 is 1.85 bits per heavy atom. The maximum atomic E-state index is 13.2. The first-order valence-electron chi connectivity index (χ1n) is 9.69. The van der Waals surface area contributed by atoms with Crippen molar-refractivity contribution < 1.29 is 17.9 Å². The Labute approximate surface area is 162 Å². The minimum absolute atomic E-state index is 0.192. The van der Waals surface area contributed by atoms with Gasteiger partial charge in [-0.25, -0.2) is 8.42 Å². The normalized spacial score (nSPS) is 21.0. The summed E-state index contributed by atoms with van der Waals surface area (Å²) < 4.78 is 29.2. The van der Waals surface area contributed by atoms with Crippen LogP contribution in [0.25, 0.3) is 0 Å². The minimum atomic E-state index is -3.45. The van der Waals surface area contributed by atoms with Gasteiger partial charge < -0.3 is 15.0 Å². The monoisotopic (exact) mass is 394 g/mol. The molecule has 0 bridgehead atoms. The molecular weight excluding hydrogens is 364 g/mol. The average Bonchev–Trinajstić information content (AvgIpc) is 2.68. The Morgan fingerprint density at radius 3 is 2.44 bits per heavy atom. The molecule has 0 atom stereocenters. The molecule has 2 aliphatic rings. The second-order valence-corrected chi connectivity index (χ2v) is 10.1. The molecule has 7 heteroatoms. The molecule has 27 heavy (non-hydrogen) atoms. The van der Waals surface area contributed by atoms with Crippen molar-refractivity contribution in [2.75, 3.05) is 39.5 Å². The summed E-state index contributed by atoms with van der Waals surface area (Å²) in [4.78, 5) is 15.0. The van der Waals surface area contributed by atoms with Crippen LogP contribution < -0.4 is 10.1 Å². The van der Waals surface area contributed by atoms with Gasteiger partial charge in [0.2, 0.25) is 5.91 Å². The summed E-state index contributed by atoms with van der Waals surface area (Å²) in [7, 11) is -1.77. The minimum Gasteiger partial charge on any atom is -0.496 e. The zero-order valence-electron chi connectivity index (χ0n) is 16.2. The van der Waals surface area contributed by atoms with Crippen LogP contribution >= 0.6 is 0 Å². The summed E-state index contributed by atoms with van der Waals surface area (Å²) in [6.45, 7) is 2.40. The first-order valence-corrected chi connectivity index (χ1v) is 11.6. The van der Waals surface area contributed by atoms with E-state index in [0.29, 0.717) is 44.9 Å². The van der Waals surface area contributed by atoms with E-state index in [1.54, 1.807) is 12.0 Å². The molecule has 0 unspecified atom stereocenters. The number of methoxy groups -OCH3 is 1. The second-order valence-electron chi connectivity index (χ2n) is 7.77. The van der Waals surface area contributed by atoms with Crippen LogP contribution in [0.4, 0.5) is 0 Å². The van der Waals surface area contributed by atoms with Crippen molar-refractivity contribution in [2.24, 2.45) is 5.92 Å². The van der Waals surface area contributed by atoms with E-state index >= 15 is 0 Å². The van der Waals surface area contributed by atoms with Gasteiger partial charge in [0.1, 0.15) is 5.75 Å². The smallest absolute Gasteiger partial charge is 0.244 e. The Bertz CT molecular complexity index is 764. The number of nitrogens with one attached hydrogen (secondary N) is 1. The van der Waals surface area contributed by atoms with E-state index in [-0.39, 0.29) is 5.91 Å². The summed E-state index contributed by atoms with van der Waals surface area (Å²) in [5, 5.41) is 3.17. The number of benzene rings is 1. The van der Waals surface area contributed by atoms with Gasteiger partial charge in [-0.05, 0) is 62.7 Å². The van der Waals surface area contributed by atoms with Crippen LogP contribution in [0.5, 0.6) is 5.75 Å². The first-order chi connectivity index (χ1) is 12.9. The van der Waals surface area contributed by atoms with E-state index in [0.717, 1.165) is 25.0 Å². The molecule has 150 valence electrons. The highest BCUT2D eigenvalue weighted by atomic mass is 32.2. The number of hydrogen-bond acceptors (Lipinski definition) is 5. The van der Waals surface area contributed by atoms with Gasteiger partial charge in [0, 0.05) is 19.3 Å². The highest BCUT2D eigenvalue weighted by Gasteiger charge is 2.50. The van der Waals surface area contributed by atoms with Crippen LogP contribution in [0, 0.1) is 5.92 Å². The van der Waals surface area contributed by atoms with Gasteiger partial charge in [-0.15, -0.1) is 0 Å². The van der Waals surface area contributed by atoms with Crippen molar-refractivity contribution in [3.05, 3.63) is 29.8 Å². The maximum Gasteiger partial charge on any atom is 0.244 e. The van der Waals surface area contributed by atoms with Crippen LogP contribution in [-0.2, 0) is 21.1 Å². The summed E-state index contributed by atoms with van der Waals surface area (Å²) in [6, 6.07) is 8.04. The predicted octanol–water partition coefficient (Wildman–Crippen LogP) is 1.64. The van der Waals surface area contributed by atoms with Crippen LogP contribution in [-0.4, -0.2) is 63.5 Å².